The number of aliphatic carboxylic acids is 1. The molecule has 0 aliphatic carbocycles. The zero-order chi connectivity index (χ0) is 18.8. The van der Waals surface area contributed by atoms with Crippen molar-refractivity contribution in [1.29, 1.82) is 0 Å². The predicted molar refractivity (Wildman–Crippen MR) is 88.5 cm³/mol. The Balaban J connectivity index is 2.76. The number of ether oxygens (including phenoxy) is 1. The lowest BCUT2D eigenvalue weighted by atomic mass is 10.1. The maximum atomic E-state index is 12.1. The Morgan fingerprint density at radius 3 is 2.32 bits per heavy atom. The zero-order valence-corrected chi connectivity index (χ0v) is 13.7. The van der Waals surface area contributed by atoms with E-state index in [1.54, 1.807) is 24.3 Å². The van der Waals surface area contributed by atoms with Gasteiger partial charge in [0, 0.05) is 6.42 Å². The first-order valence-electron chi connectivity index (χ1n) is 7.44. The quantitative estimate of drug-likeness (QED) is 0.428. The van der Waals surface area contributed by atoms with Gasteiger partial charge in [-0.25, -0.2) is 9.59 Å². The van der Waals surface area contributed by atoms with Crippen LogP contribution in [0.1, 0.15) is 12.0 Å². The fourth-order valence-electron chi connectivity index (χ4n) is 2.05. The fraction of sp³-hybridized carbons (Fsp3) is 0.294. The van der Waals surface area contributed by atoms with Gasteiger partial charge in [0.25, 0.3) is 0 Å². The molecule has 0 aliphatic heterocycles. The first kappa shape index (κ1) is 19.9. The van der Waals surface area contributed by atoms with E-state index in [0.717, 1.165) is 11.6 Å². The molecule has 0 heterocycles. The molecule has 0 aliphatic rings. The highest BCUT2D eigenvalue weighted by atomic mass is 16.5. The van der Waals surface area contributed by atoms with E-state index >= 15 is 0 Å². The lowest BCUT2D eigenvalue weighted by Gasteiger charge is -2.18. The van der Waals surface area contributed by atoms with Gasteiger partial charge in [0.2, 0.25) is 11.8 Å². The maximum absolute atomic E-state index is 12.1. The second kappa shape index (κ2) is 9.86. The van der Waals surface area contributed by atoms with E-state index in [4.69, 9.17) is 5.11 Å². The normalized spacial score (nSPS) is 12.4. The Morgan fingerprint density at radius 1 is 1.16 bits per heavy atom. The lowest BCUT2D eigenvalue weighted by Crippen LogP contribution is -2.48. The third-order valence-corrected chi connectivity index (χ3v) is 3.29. The van der Waals surface area contributed by atoms with E-state index in [1.807, 2.05) is 6.07 Å². The molecule has 2 atom stereocenters. The number of rotatable bonds is 9. The van der Waals surface area contributed by atoms with Crippen LogP contribution in [-0.4, -0.2) is 48.1 Å². The second-order valence-corrected chi connectivity index (χ2v) is 5.14. The van der Waals surface area contributed by atoms with Crippen LogP contribution >= 0.6 is 0 Å². The summed E-state index contributed by atoms with van der Waals surface area (Å²) in [5.41, 5.74) is 0.799. The summed E-state index contributed by atoms with van der Waals surface area (Å²) in [6, 6.07) is 6.56. The molecule has 1 aromatic rings. The average molecular weight is 348 g/mol. The number of carbonyl (C=O) groups excluding carboxylic acids is 3. The van der Waals surface area contributed by atoms with Crippen molar-refractivity contribution in [3.63, 3.8) is 0 Å². The highest BCUT2D eigenvalue weighted by Crippen LogP contribution is 2.05. The van der Waals surface area contributed by atoms with Crippen LogP contribution in [0.5, 0.6) is 0 Å². The van der Waals surface area contributed by atoms with Gasteiger partial charge >= 0.3 is 11.9 Å². The molecule has 0 radical (unpaired) electrons. The number of carbonyl (C=O) groups is 4. The highest BCUT2D eigenvalue weighted by Gasteiger charge is 2.26. The van der Waals surface area contributed by atoms with E-state index < -0.39 is 42.3 Å². The summed E-state index contributed by atoms with van der Waals surface area (Å²) in [5.74, 6) is -3.45. The third kappa shape index (κ3) is 6.86. The van der Waals surface area contributed by atoms with Crippen molar-refractivity contribution in [2.24, 2.45) is 0 Å². The minimum Gasteiger partial charge on any atom is -0.480 e. The molecule has 25 heavy (non-hydrogen) atoms. The molecule has 0 bridgehead atoms. The molecule has 8 nitrogen and oxygen atoms in total. The van der Waals surface area contributed by atoms with Gasteiger partial charge in [0.05, 0.1) is 13.5 Å². The van der Waals surface area contributed by atoms with E-state index in [2.05, 4.69) is 21.9 Å². The van der Waals surface area contributed by atoms with Gasteiger partial charge in [-0.1, -0.05) is 36.9 Å². The van der Waals surface area contributed by atoms with Crippen LogP contribution in [-0.2, 0) is 30.3 Å². The lowest BCUT2D eigenvalue weighted by molar-refractivity contribution is -0.146. The second-order valence-electron chi connectivity index (χ2n) is 5.14. The van der Waals surface area contributed by atoms with Crippen molar-refractivity contribution >= 4 is 23.8 Å². The summed E-state index contributed by atoms with van der Waals surface area (Å²) >= 11 is 0. The van der Waals surface area contributed by atoms with Crippen LogP contribution < -0.4 is 10.6 Å². The minimum atomic E-state index is -1.43. The van der Waals surface area contributed by atoms with Gasteiger partial charge < -0.3 is 20.5 Å². The Labute approximate surface area is 144 Å². The van der Waals surface area contributed by atoms with E-state index in [9.17, 15) is 19.2 Å². The molecule has 3 N–H and O–H groups in total. The van der Waals surface area contributed by atoms with Crippen LogP contribution in [0.25, 0.3) is 0 Å². The van der Waals surface area contributed by atoms with Crippen LogP contribution in [0.2, 0.25) is 0 Å². The van der Waals surface area contributed by atoms with Gasteiger partial charge in [0.1, 0.15) is 12.1 Å². The molecule has 8 heteroatoms. The summed E-state index contributed by atoms with van der Waals surface area (Å²) in [6.45, 7) is 3.21. The smallest absolute Gasteiger partial charge is 0.328 e. The summed E-state index contributed by atoms with van der Waals surface area (Å²) in [6.07, 6.45) is 0.563. The van der Waals surface area contributed by atoms with Gasteiger partial charge in [-0.15, -0.1) is 0 Å². The summed E-state index contributed by atoms with van der Waals surface area (Å²) in [4.78, 5) is 46.3. The predicted octanol–water partition coefficient (Wildman–Crippen LogP) is 0.0324. The molecule has 2 amide bonds. The first-order valence-corrected chi connectivity index (χ1v) is 7.44. The number of hydrogen-bond donors (Lipinski definition) is 3. The zero-order valence-electron chi connectivity index (χ0n) is 13.7. The van der Waals surface area contributed by atoms with Crippen LogP contribution in [0.4, 0.5) is 0 Å². The Hall–Kier alpha value is -3.16. The number of benzene rings is 1. The molecule has 0 fully saturated rings. The fourth-order valence-corrected chi connectivity index (χ4v) is 2.05. The average Bonchev–Trinajstić information content (AvgIpc) is 2.60. The number of carboxylic acid groups (broad SMARTS) is 1. The van der Waals surface area contributed by atoms with Gasteiger partial charge in [-0.2, -0.15) is 0 Å². The highest BCUT2D eigenvalue weighted by molar-refractivity contribution is 5.93. The number of nitrogens with one attached hydrogen (secondary N) is 2. The Morgan fingerprint density at radius 2 is 1.80 bits per heavy atom. The van der Waals surface area contributed by atoms with Gasteiger partial charge in [0.15, 0.2) is 0 Å². The number of methoxy groups -OCH3 is 1. The molecular weight excluding hydrogens is 328 g/mol. The van der Waals surface area contributed by atoms with Crippen molar-refractivity contribution in [3.8, 4) is 0 Å². The molecule has 0 saturated heterocycles. The van der Waals surface area contributed by atoms with E-state index in [-0.39, 0.29) is 6.42 Å². The Kier molecular flexibility index (Phi) is 7.85. The number of carboxylic acids is 1. The van der Waals surface area contributed by atoms with Crippen molar-refractivity contribution in [2.45, 2.75) is 24.9 Å². The van der Waals surface area contributed by atoms with Gasteiger partial charge in [-0.3, -0.25) is 9.59 Å². The molecule has 0 unspecified atom stereocenters. The number of esters is 1. The molecule has 0 saturated carbocycles. The van der Waals surface area contributed by atoms with Crippen molar-refractivity contribution in [1.82, 2.24) is 10.6 Å². The topological polar surface area (TPSA) is 122 Å². The molecular formula is C17H20N2O6. The largest absolute Gasteiger partial charge is 0.480 e. The van der Waals surface area contributed by atoms with Crippen molar-refractivity contribution < 1.29 is 29.0 Å². The molecule has 1 aromatic carbocycles. The van der Waals surface area contributed by atoms with E-state index in [1.165, 1.54) is 7.11 Å². The van der Waals surface area contributed by atoms with Crippen LogP contribution in [0, 0.1) is 0 Å². The molecule has 0 spiro atoms. The van der Waals surface area contributed by atoms with Crippen molar-refractivity contribution in [3.05, 3.63) is 48.6 Å². The van der Waals surface area contributed by atoms with E-state index in [0.29, 0.717) is 0 Å². The third-order valence-electron chi connectivity index (χ3n) is 3.29. The number of hydrogen-bond acceptors (Lipinski definition) is 5. The monoisotopic (exact) mass is 348 g/mol. The summed E-state index contributed by atoms with van der Waals surface area (Å²) in [7, 11) is 1.19. The SMILES string of the molecule is C=CC(=O)N[C@@H](CC(=O)N[C@@H](Cc1ccccc1)C(=O)OC)C(=O)O. The molecule has 1 rings (SSSR count). The van der Waals surface area contributed by atoms with Gasteiger partial charge in [-0.05, 0) is 11.6 Å². The summed E-state index contributed by atoms with van der Waals surface area (Å²) in [5, 5.41) is 13.6. The van der Waals surface area contributed by atoms with Crippen LogP contribution in [0.3, 0.4) is 0 Å². The van der Waals surface area contributed by atoms with Crippen molar-refractivity contribution in [2.75, 3.05) is 7.11 Å². The standard InChI is InChI=1S/C17H20N2O6/c1-3-14(20)18-12(16(22)23)10-15(21)19-13(17(24)25-2)9-11-7-5-4-6-8-11/h3-8,12-13H,1,9-10H2,2H3,(H,18,20)(H,19,21)(H,22,23)/t12-,13-/m0/s1. The minimum absolute atomic E-state index is 0.190. The first-order chi connectivity index (χ1) is 11.9. The molecule has 0 aromatic heterocycles. The maximum Gasteiger partial charge on any atom is 0.328 e. The Bertz CT molecular complexity index is 644. The summed E-state index contributed by atoms with van der Waals surface area (Å²) < 4.78 is 4.67. The molecule has 134 valence electrons. The number of amides is 2. The van der Waals surface area contributed by atoms with Crippen LogP contribution in [0.15, 0.2) is 43.0 Å².